The van der Waals surface area contributed by atoms with Crippen LogP contribution in [0.1, 0.15) is 16.4 Å². The van der Waals surface area contributed by atoms with Gasteiger partial charge in [-0.25, -0.2) is 4.98 Å². The quantitative estimate of drug-likeness (QED) is 0.675. The Hall–Kier alpha value is -1.97. The highest BCUT2D eigenvalue weighted by atomic mass is 16.4. The number of carbonyl (C=O) groups excluding carboxylic acids is 1. The molecule has 0 aliphatic rings. The van der Waals surface area contributed by atoms with E-state index in [0.29, 0.717) is 29.3 Å². The molecule has 0 bridgehead atoms. The van der Waals surface area contributed by atoms with Gasteiger partial charge in [-0.1, -0.05) is 6.07 Å². The summed E-state index contributed by atoms with van der Waals surface area (Å²) >= 11 is 0. The molecule has 0 aliphatic carbocycles. The third-order valence-corrected chi connectivity index (χ3v) is 1.77. The summed E-state index contributed by atoms with van der Waals surface area (Å²) in [7, 11) is 0. The van der Waals surface area contributed by atoms with Crippen LogP contribution in [0.2, 0.25) is 0 Å². The van der Waals surface area contributed by atoms with Crippen molar-refractivity contribution < 1.29 is 9.21 Å². The number of aldehydes is 1. The Bertz CT molecular complexity index is 448. The number of aryl methyl sites for hydroxylation is 1. The maximum Gasteiger partial charge on any atom is 0.192 e. The van der Waals surface area contributed by atoms with Crippen LogP contribution >= 0.6 is 0 Å². The maximum absolute atomic E-state index is 10.7. The van der Waals surface area contributed by atoms with Crippen LogP contribution in [-0.4, -0.2) is 16.3 Å². The average Bonchev–Trinajstić information content (AvgIpc) is 2.61. The molecule has 0 aliphatic heterocycles. The molecule has 2 rings (SSSR count). The van der Waals surface area contributed by atoms with E-state index in [4.69, 9.17) is 4.42 Å². The molecule has 0 atom stereocenters. The second kappa shape index (κ2) is 3.41. The highest BCUT2D eigenvalue weighted by Gasteiger charge is 2.12. The molecule has 2 heterocycles. The van der Waals surface area contributed by atoms with E-state index in [2.05, 4.69) is 9.97 Å². The van der Waals surface area contributed by atoms with Crippen LogP contribution in [0, 0.1) is 6.92 Å². The van der Waals surface area contributed by atoms with Gasteiger partial charge in [0, 0.05) is 13.1 Å². The van der Waals surface area contributed by atoms with E-state index in [1.54, 1.807) is 25.3 Å². The van der Waals surface area contributed by atoms with Gasteiger partial charge in [-0.15, -0.1) is 0 Å². The fourth-order valence-electron chi connectivity index (χ4n) is 1.20. The van der Waals surface area contributed by atoms with Gasteiger partial charge >= 0.3 is 0 Å². The third-order valence-electron chi connectivity index (χ3n) is 1.77. The first-order valence-corrected chi connectivity index (χ1v) is 4.15. The van der Waals surface area contributed by atoms with Crippen molar-refractivity contribution in [2.75, 3.05) is 0 Å². The van der Waals surface area contributed by atoms with Gasteiger partial charge in [0.1, 0.15) is 5.69 Å². The molecule has 0 saturated heterocycles. The lowest BCUT2D eigenvalue weighted by molar-refractivity contribution is 0.111. The molecule has 0 amide bonds. The smallest absolute Gasteiger partial charge is 0.192 e. The second-order valence-electron chi connectivity index (χ2n) is 2.78. The molecule has 0 saturated carbocycles. The minimum atomic E-state index is 0.293. The summed E-state index contributed by atoms with van der Waals surface area (Å²) in [6.07, 6.45) is 2.31. The summed E-state index contributed by atoms with van der Waals surface area (Å²) < 4.78 is 5.29. The summed E-state index contributed by atoms with van der Waals surface area (Å²) in [6.45, 7) is 1.69. The monoisotopic (exact) mass is 188 g/mol. The Morgan fingerprint density at radius 2 is 2.29 bits per heavy atom. The van der Waals surface area contributed by atoms with E-state index < -0.39 is 0 Å². The maximum atomic E-state index is 10.7. The lowest BCUT2D eigenvalue weighted by Crippen LogP contribution is -1.86. The number of hydrogen-bond donors (Lipinski definition) is 0. The average molecular weight is 188 g/mol. The van der Waals surface area contributed by atoms with E-state index in [0.717, 1.165) is 0 Å². The van der Waals surface area contributed by atoms with Crippen LogP contribution in [0.25, 0.3) is 11.5 Å². The van der Waals surface area contributed by atoms with Crippen molar-refractivity contribution in [1.29, 1.82) is 0 Å². The molecular weight excluding hydrogens is 180 g/mol. The zero-order chi connectivity index (χ0) is 9.97. The minimum absolute atomic E-state index is 0.293. The van der Waals surface area contributed by atoms with E-state index in [-0.39, 0.29) is 0 Å². The van der Waals surface area contributed by atoms with Gasteiger partial charge in [-0.3, -0.25) is 9.78 Å². The molecule has 14 heavy (non-hydrogen) atoms. The minimum Gasteiger partial charge on any atom is -0.439 e. The Morgan fingerprint density at radius 1 is 1.43 bits per heavy atom. The predicted octanol–water partition coefficient (Wildman–Crippen LogP) is 1.86. The molecule has 4 nitrogen and oxygen atoms in total. The van der Waals surface area contributed by atoms with E-state index in [1.807, 2.05) is 6.07 Å². The molecule has 0 spiro atoms. The van der Waals surface area contributed by atoms with Crippen LogP contribution < -0.4 is 0 Å². The van der Waals surface area contributed by atoms with Crippen molar-refractivity contribution >= 4 is 6.29 Å². The highest BCUT2D eigenvalue weighted by Crippen LogP contribution is 2.20. The molecule has 0 aromatic carbocycles. The first-order chi connectivity index (χ1) is 6.81. The van der Waals surface area contributed by atoms with Crippen molar-refractivity contribution in [2.24, 2.45) is 0 Å². The van der Waals surface area contributed by atoms with Gasteiger partial charge in [0.25, 0.3) is 0 Å². The van der Waals surface area contributed by atoms with Crippen molar-refractivity contribution in [1.82, 2.24) is 9.97 Å². The van der Waals surface area contributed by atoms with Crippen LogP contribution in [0.3, 0.4) is 0 Å². The topological polar surface area (TPSA) is 56.0 Å². The number of oxazole rings is 1. The van der Waals surface area contributed by atoms with Crippen LogP contribution in [0.15, 0.2) is 28.8 Å². The van der Waals surface area contributed by atoms with Gasteiger partial charge in [0.05, 0.1) is 0 Å². The Morgan fingerprint density at radius 3 is 2.93 bits per heavy atom. The summed E-state index contributed by atoms with van der Waals surface area (Å²) in [5, 5.41) is 0. The zero-order valence-corrected chi connectivity index (χ0v) is 7.60. The van der Waals surface area contributed by atoms with Gasteiger partial charge in [-0.2, -0.15) is 0 Å². The van der Waals surface area contributed by atoms with Gasteiger partial charge in [0.15, 0.2) is 23.6 Å². The lowest BCUT2D eigenvalue weighted by atomic mass is 10.2. The van der Waals surface area contributed by atoms with Gasteiger partial charge in [-0.05, 0) is 12.1 Å². The highest BCUT2D eigenvalue weighted by molar-refractivity contribution is 5.81. The molecule has 2 aromatic rings. The Balaban J connectivity index is 2.56. The van der Waals surface area contributed by atoms with Crippen LogP contribution in [0.4, 0.5) is 0 Å². The normalized spacial score (nSPS) is 10.1. The number of carbonyl (C=O) groups is 1. The molecule has 0 unspecified atom stereocenters. The lowest BCUT2D eigenvalue weighted by Gasteiger charge is -1.93. The van der Waals surface area contributed by atoms with Gasteiger partial charge in [0.2, 0.25) is 0 Å². The van der Waals surface area contributed by atoms with E-state index in [9.17, 15) is 4.79 Å². The molecule has 4 heteroatoms. The molecule has 0 radical (unpaired) electrons. The summed E-state index contributed by atoms with van der Waals surface area (Å²) in [5.41, 5.74) is 0.913. The van der Waals surface area contributed by atoms with Gasteiger partial charge < -0.3 is 4.42 Å². The van der Waals surface area contributed by atoms with Crippen LogP contribution in [-0.2, 0) is 0 Å². The number of hydrogen-bond acceptors (Lipinski definition) is 4. The van der Waals surface area contributed by atoms with E-state index in [1.165, 1.54) is 0 Å². The van der Waals surface area contributed by atoms with Crippen LogP contribution in [0.5, 0.6) is 0 Å². The van der Waals surface area contributed by atoms with E-state index >= 15 is 0 Å². The fourth-order valence-corrected chi connectivity index (χ4v) is 1.20. The molecular formula is C10H8N2O2. The molecule has 2 aromatic heterocycles. The van der Waals surface area contributed by atoms with Crippen molar-refractivity contribution in [3.63, 3.8) is 0 Å². The summed E-state index contributed by atoms with van der Waals surface area (Å²) in [4.78, 5) is 18.7. The number of pyridine rings is 1. The third kappa shape index (κ3) is 1.42. The number of rotatable bonds is 2. The fraction of sp³-hybridized carbons (Fsp3) is 0.100. The standard InChI is InChI=1S/C10H8N2O2/c1-7-12-9(6-13)10(14-7)8-4-2-3-5-11-8/h2-6H,1H3. The SMILES string of the molecule is Cc1nc(C=O)c(-c2ccccn2)o1. The zero-order valence-electron chi connectivity index (χ0n) is 7.60. The van der Waals surface area contributed by atoms with Crippen molar-refractivity contribution in [2.45, 2.75) is 6.92 Å². The van der Waals surface area contributed by atoms with Crippen molar-refractivity contribution in [3.05, 3.63) is 36.0 Å². The van der Waals surface area contributed by atoms with Crippen molar-refractivity contribution in [3.8, 4) is 11.5 Å². The first kappa shape index (κ1) is 8.62. The number of nitrogens with zero attached hydrogens (tertiary/aromatic N) is 2. The number of aromatic nitrogens is 2. The summed E-state index contributed by atoms with van der Waals surface area (Å²) in [6, 6.07) is 5.40. The predicted molar refractivity (Wildman–Crippen MR) is 49.9 cm³/mol. The Labute approximate surface area is 80.6 Å². The Kier molecular flexibility index (Phi) is 2.10. The largest absolute Gasteiger partial charge is 0.439 e. The molecule has 70 valence electrons. The molecule has 0 N–H and O–H groups in total. The summed E-state index contributed by atoms with van der Waals surface area (Å²) in [5.74, 6) is 0.894. The second-order valence-corrected chi connectivity index (χ2v) is 2.78. The molecule has 0 fully saturated rings. The first-order valence-electron chi connectivity index (χ1n) is 4.15.